The van der Waals surface area contributed by atoms with Crippen LogP contribution >= 0.6 is 0 Å². The third-order valence-corrected chi connectivity index (χ3v) is 3.42. The molecule has 1 fully saturated rings. The molecular weight excluding hydrogens is 256 g/mol. The molecule has 0 atom stereocenters. The molecule has 1 aliphatic carbocycles. The number of H-pyrrole nitrogens is 1. The van der Waals surface area contributed by atoms with Crippen LogP contribution in [0.25, 0.3) is 11.4 Å². The summed E-state index contributed by atoms with van der Waals surface area (Å²) in [5.41, 5.74) is 1.45. The highest BCUT2D eigenvalue weighted by atomic mass is 16.5. The summed E-state index contributed by atoms with van der Waals surface area (Å²) in [7, 11) is 3.16. The number of nitrogens with zero attached hydrogens (tertiary/aromatic N) is 1. The lowest BCUT2D eigenvalue weighted by molar-refractivity contribution is 0.356. The van der Waals surface area contributed by atoms with E-state index in [1.165, 1.54) is 0 Å². The molecule has 3 rings (SSSR count). The zero-order chi connectivity index (χ0) is 14.1. The van der Waals surface area contributed by atoms with Crippen LogP contribution in [0.4, 0.5) is 0 Å². The lowest BCUT2D eigenvalue weighted by Gasteiger charge is -2.12. The van der Waals surface area contributed by atoms with Crippen molar-refractivity contribution >= 4 is 0 Å². The molecular formula is C15H16N2O3. The normalized spacial score (nSPS) is 14.1. The van der Waals surface area contributed by atoms with Crippen molar-refractivity contribution in [1.82, 2.24) is 9.97 Å². The van der Waals surface area contributed by atoms with Gasteiger partial charge >= 0.3 is 0 Å². The maximum absolute atomic E-state index is 11.8. The van der Waals surface area contributed by atoms with Gasteiger partial charge in [-0.1, -0.05) is 6.07 Å². The van der Waals surface area contributed by atoms with Crippen LogP contribution in [-0.2, 0) is 0 Å². The van der Waals surface area contributed by atoms with Crippen LogP contribution in [0.3, 0.4) is 0 Å². The Balaban J connectivity index is 2.15. The number of rotatable bonds is 4. The number of aromatic amines is 1. The molecule has 0 spiro atoms. The number of hydrogen-bond donors (Lipinski definition) is 1. The molecule has 2 aromatic rings. The van der Waals surface area contributed by atoms with Gasteiger partial charge in [0.05, 0.1) is 25.5 Å². The van der Waals surface area contributed by atoms with Gasteiger partial charge in [0, 0.05) is 12.0 Å². The van der Waals surface area contributed by atoms with Crippen LogP contribution in [0.2, 0.25) is 0 Å². The van der Waals surface area contributed by atoms with Crippen LogP contribution in [0.5, 0.6) is 11.5 Å². The van der Waals surface area contributed by atoms with Gasteiger partial charge < -0.3 is 14.5 Å². The SMILES string of the molecule is COc1cccc(-c2nc(C3CC3)cc(=O)[nH]2)c1OC. The Bertz CT molecular complexity index is 690. The van der Waals surface area contributed by atoms with E-state index in [-0.39, 0.29) is 5.56 Å². The fraction of sp³-hybridized carbons (Fsp3) is 0.333. The minimum absolute atomic E-state index is 0.137. The van der Waals surface area contributed by atoms with Crippen molar-refractivity contribution in [3.05, 3.63) is 40.3 Å². The lowest BCUT2D eigenvalue weighted by Crippen LogP contribution is -2.10. The number of para-hydroxylation sites is 1. The Hall–Kier alpha value is -2.30. The van der Waals surface area contributed by atoms with Gasteiger partial charge in [0.2, 0.25) is 0 Å². The molecule has 0 amide bonds. The highest BCUT2D eigenvalue weighted by molar-refractivity contribution is 5.68. The molecule has 1 aromatic heterocycles. The average Bonchev–Trinajstić information content (AvgIpc) is 3.30. The highest BCUT2D eigenvalue weighted by Gasteiger charge is 2.26. The first kappa shape index (κ1) is 12.7. The molecule has 104 valence electrons. The lowest BCUT2D eigenvalue weighted by atomic mass is 10.1. The van der Waals surface area contributed by atoms with Gasteiger partial charge in [-0.15, -0.1) is 0 Å². The summed E-state index contributed by atoms with van der Waals surface area (Å²) in [4.78, 5) is 19.1. The second kappa shape index (κ2) is 5.00. The molecule has 5 heteroatoms. The topological polar surface area (TPSA) is 64.2 Å². The quantitative estimate of drug-likeness (QED) is 0.927. The predicted octanol–water partition coefficient (Wildman–Crippen LogP) is 2.33. The largest absolute Gasteiger partial charge is 0.493 e. The van der Waals surface area contributed by atoms with E-state index >= 15 is 0 Å². The first-order valence-corrected chi connectivity index (χ1v) is 6.55. The smallest absolute Gasteiger partial charge is 0.251 e. The van der Waals surface area contributed by atoms with Gasteiger partial charge in [0.15, 0.2) is 11.5 Å². The summed E-state index contributed by atoms with van der Waals surface area (Å²) < 4.78 is 10.7. The van der Waals surface area contributed by atoms with Crippen molar-refractivity contribution in [3.63, 3.8) is 0 Å². The summed E-state index contributed by atoms with van der Waals surface area (Å²) in [5, 5.41) is 0. The van der Waals surface area contributed by atoms with Crippen LogP contribution in [0.1, 0.15) is 24.5 Å². The van der Waals surface area contributed by atoms with Crippen LogP contribution in [-0.4, -0.2) is 24.2 Å². The molecule has 0 radical (unpaired) electrons. The molecule has 1 aromatic carbocycles. The second-order valence-corrected chi connectivity index (χ2v) is 4.83. The van der Waals surface area contributed by atoms with Crippen LogP contribution in [0.15, 0.2) is 29.1 Å². The van der Waals surface area contributed by atoms with Crippen molar-refractivity contribution in [2.45, 2.75) is 18.8 Å². The van der Waals surface area contributed by atoms with Gasteiger partial charge in [-0.25, -0.2) is 4.98 Å². The predicted molar refractivity (Wildman–Crippen MR) is 75.4 cm³/mol. The number of methoxy groups -OCH3 is 2. The van der Waals surface area contributed by atoms with E-state index in [1.54, 1.807) is 20.3 Å². The summed E-state index contributed by atoms with van der Waals surface area (Å²) >= 11 is 0. The molecule has 1 saturated carbocycles. The fourth-order valence-corrected chi connectivity index (χ4v) is 2.27. The standard InChI is InChI=1S/C15H16N2O3/c1-19-12-5-3-4-10(14(12)20-2)15-16-11(9-6-7-9)8-13(18)17-15/h3-5,8-9H,6-7H2,1-2H3,(H,16,17,18). The third kappa shape index (κ3) is 2.27. The minimum atomic E-state index is -0.137. The van der Waals surface area contributed by atoms with E-state index in [4.69, 9.17) is 9.47 Å². The van der Waals surface area contributed by atoms with E-state index < -0.39 is 0 Å². The molecule has 20 heavy (non-hydrogen) atoms. The molecule has 0 unspecified atom stereocenters. The maximum Gasteiger partial charge on any atom is 0.251 e. The number of hydrogen-bond acceptors (Lipinski definition) is 4. The van der Waals surface area contributed by atoms with Gasteiger partial charge in [-0.3, -0.25) is 4.79 Å². The van der Waals surface area contributed by atoms with Crippen molar-refractivity contribution in [2.24, 2.45) is 0 Å². The Labute approximate surface area is 116 Å². The Kier molecular flexibility index (Phi) is 3.18. The van der Waals surface area contributed by atoms with E-state index in [9.17, 15) is 4.79 Å². The van der Waals surface area contributed by atoms with E-state index in [2.05, 4.69) is 9.97 Å². The number of nitrogens with one attached hydrogen (secondary N) is 1. The monoisotopic (exact) mass is 272 g/mol. The second-order valence-electron chi connectivity index (χ2n) is 4.83. The maximum atomic E-state index is 11.8. The Morgan fingerprint density at radius 3 is 2.70 bits per heavy atom. The number of benzene rings is 1. The summed E-state index contributed by atoms with van der Waals surface area (Å²) in [5.74, 6) is 2.14. The van der Waals surface area contributed by atoms with Crippen LogP contribution < -0.4 is 15.0 Å². The molecule has 0 bridgehead atoms. The van der Waals surface area contributed by atoms with E-state index in [1.807, 2.05) is 18.2 Å². The average molecular weight is 272 g/mol. The Morgan fingerprint density at radius 2 is 2.05 bits per heavy atom. The van der Waals surface area contributed by atoms with Crippen molar-refractivity contribution in [3.8, 4) is 22.9 Å². The molecule has 1 heterocycles. The zero-order valence-electron chi connectivity index (χ0n) is 11.5. The van der Waals surface area contributed by atoms with Gasteiger partial charge in [0.1, 0.15) is 5.82 Å². The van der Waals surface area contributed by atoms with E-state index in [0.717, 1.165) is 24.1 Å². The summed E-state index contributed by atoms with van der Waals surface area (Å²) in [6.07, 6.45) is 2.20. The Morgan fingerprint density at radius 1 is 1.25 bits per heavy atom. The van der Waals surface area contributed by atoms with Crippen molar-refractivity contribution in [1.29, 1.82) is 0 Å². The molecule has 1 aliphatic rings. The van der Waals surface area contributed by atoms with Crippen LogP contribution in [0, 0.1) is 0 Å². The first-order valence-electron chi connectivity index (χ1n) is 6.55. The number of aromatic nitrogens is 2. The highest BCUT2D eigenvalue weighted by Crippen LogP contribution is 2.40. The molecule has 0 aliphatic heterocycles. The first-order chi connectivity index (χ1) is 9.72. The molecule has 0 saturated heterocycles. The summed E-state index contributed by atoms with van der Waals surface area (Å²) in [6, 6.07) is 7.09. The summed E-state index contributed by atoms with van der Waals surface area (Å²) in [6.45, 7) is 0. The van der Waals surface area contributed by atoms with Crippen molar-refractivity contribution < 1.29 is 9.47 Å². The van der Waals surface area contributed by atoms with E-state index in [0.29, 0.717) is 23.2 Å². The van der Waals surface area contributed by atoms with Gasteiger partial charge in [-0.2, -0.15) is 0 Å². The molecule has 5 nitrogen and oxygen atoms in total. The zero-order valence-corrected chi connectivity index (χ0v) is 11.5. The minimum Gasteiger partial charge on any atom is -0.493 e. The third-order valence-electron chi connectivity index (χ3n) is 3.42. The number of ether oxygens (including phenoxy) is 2. The molecule has 1 N–H and O–H groups in total. The van der Waals surface area contributed by atoms with Crippen molar-refractivity contribution in [2.75, 3.05) is 14.2 Å². The van der Waals surface area contributed by atoms with Gasteiger partial charge in [-0.05, 0) is 25.0 Å². The fourth-order valence-electron chi connectivity index (χ4n) is 2.27. The van der Waals surface area contributed by atoms with Gasteiger partial charge in [0.25, 0.3) is 5.56 Å².